The molecule has 0 aliphatic heterocycles. The zero-order valence-electron chi connectivity index (χ0n) is 19.3. The Kier molecular flexibility index (Phi) is 11.8. The number of sulfonamides is 1. The van der Waals surface area contributed by atoms with Crippen LogP contribution >= 0.6 is 24.0 Å². The molecule has 1 amide bonds. The van der Waals surface area contributed by atoms with Crippen molar-refractivity contribution in [3.8, 4) is 0 Å². The monoisotopic (exact) mass is 569 g/mol. The maximum absolute atomic E-state index is 12.7. The molecular formula is C20H36IN5O4S. The standard InChI is InChI=1S/C20H35N5O4S.HI/c1-19(2,3)25-30(27,28)16-11-9-8-10-15(16)14-24-17(21-7)22-12-13-23-18(26)29-20(4,5)6;/h8-11,25H,12-14H2,1-7H3,(H,23,26)(H2,21,22,24);1H. The molecule has 0 unspecified atom stereocenters. The summed E-state index contributed by atoms with van der Waals surface area (Å²) in [4.78, 5) is 16.0. The first-order chi connectivity index (χ1) is 13.7. The van der Waals surface area contributed by atoms with Crippen LogP contribution in [0.3, 0.4) is 0 Å². The molecule has 31 heavy (non-hydrogen) atoms. The second kappa shape index (κ2) is 12.4. The first kappa shape index (κ1) is 29.4. The Hall–Kier alpha value is -1.60. The van der Waals surface area contributed by atoms with Gasteiger partial charge in [0.25, 0.3) is 0 Å². The Morgan fingerprint density at radius 1 is 1.00 bits per heavy atom. The Bertz CT molecular complexity index is 846. The average molecular weight is 570 g/mol. The SMILES string of the molecule is CN=C(NCCNC(=O)OC(C)(C)C)NCc1ccccc1S(=O)(=O)NC(C)(C)C.I. The van der Waals surface area contributed by atoms with E-state index < -0.39 is 27.3 Å². The fraction of sp³-hybridized carbons (Fsp3) is 0.600. The summed E-state index contributed by atoms with van der Waals surface area (Å²) in [5.74, 6) is 0.483. The highest BCUT2D eigenvalue weighted by Gasteiger charge is 2.24. The van der Waals surface area contributed by atoms with Crippen LogP contribution in [-0.4, -0.2) is 51.7 Å². The molecule has 178 valence electrons. The summed E-state index contributed by atoms with van der Waals surface area (Å²) in [5.41, 5.74) is -0.521. The minimum absolute atomic E-state index is 0. The molecular weight excluding hydrogens is 533 g/mol. The van der Waals surface area contributed by atoms with Crippen molar-refractivity contribution in [2.45, 2.75) is 64.1 Å². The van der Waals surface area contributed by atoms with Crippen molar-refractivity contribution in [2.24, 2.45) is 4.99 Å². The number of halogens is 1. The van der Waals surface area contributed by atoms with E-state index in [1.165, 1.54) is 0 Å². The van der Waals surface area contributed by atoms with Crippen molar-refractivity contribution < 1.29 is 17.9 Å². The molecule has 0 saturated carbocycles. The van der Waals surface area contributed by atoms with E-state index in [1.807, 2.05) is 0 Å². The van der Waals surface area contributed by atoms with Crippen molar-refractivity contribution in [2.75, 3.05) is 20.1 Å². The number of rotatable bonds is 7. The zero-order chi connectivity index (χ0) is 23.0. The largest absolute Gasteiger partial charge is 0.444 e. The summed E-state index contributed by atoms with van der Waals surface area (Å²) in [6.45, 7) is 11.8. The van der Waals surface area contributed by atoms with E-state index in [-0.39, 0.29) is 35.4 Å². The van der Waals surface area contributed by atoms with Gasteiger partial charge in [-0.05, 0) is 53.2 Å². The minimum Gasteiger partial charge on any atom is -0.444 e. The Morgan fingerprint density at radius 3 is 2.13 bits per heavy atom. The van der Waals surface area contributed by atoms with Crippen LogP contribution in [0.1, 0.15) is 47.1 Å². The summed E-state index contributed by atoms with van der Waals surface area (Å²) < 4.78 is 33.3. The van der Waals surface area contributed by atoms with Gasteiger partial charge >= 0.3 is 6.09 Å². The lowest BCUT2D eigenvalue weighted by molar-refractivity contribution is 0.0529. The van der Waals surface area contributed by atoms with Gasteiger partial charge in [-0.2, -0.15) is 0 Å². The number of alkyl carbamates (subject to hydrolysis) is 1. The fourth-order valence-electron chi connectivity index (χ4n) is 2.43. The zero-order valence-corrected chi connectivity index (χ0v) is 22.5. The third kappa shape index (κ3) is 12.1. The van der Waals surface area contributed by atoms with Gasteiger partial charge in [0, 0.05) is 32.2 Å². The molecule has 0 aromatic heterocycles. The van der Waals surface area contributed by atoms with Gasteiger partial charge in [0.05, 0.1) is 4.90 Å². The third-order valence-corrected chi connectivity index (χ3v) is 5.32. The Labute approximate surface area is 203 Å². The molecule has 0 heterocycles. The molecule has 0 aliphatic carbocycles. The second-order valence-electron chi connectivity index (χ2n) is 8.74. The number of hydrogen-bond donors (Lipinski definition) is 4. The lowest BCUT2D eigenvalue weighted by Gasteiger charge is -2.22. The molecule has 1 rings (SSSR count). The highest BCUT2D eigenvalue weighted by Crippen LogP contribution is 2.17. The van der Waals surface area contributed by atoms with Gasteiger partial charge < -0.3 is 20.7 Å². The van der Waals surface area contributed by atoms with Crippen LogP contribution in [0.2, 0.25) is 0 Å². The number of benzene rings is 1. The van der Waals surface area contributed by atoms with Gasteiger partial charge in [-0.3, -0.25) is 4.99 Å². The number of aliphatic imine (C=N–C) groups is 1. The summed E-state index contributed by atoms with van der Waals surface area (Å²) in [7, 11) is -2.05. The summed E-state index contributed by atoms with van der Waals surface area (Å²) in [6.07, 6.45) is -0.488. The van der Waals surface area contributed by atoms with Crippen LogP contribution in [-0.2, 0) is 21.3 Å². The number of amides is 1. The number of nitrogens with zero attached hydrogens (tertiary/aromatic N) is 1. The Morgan fingerprint density at radius 2 is 1.58 bits per heavy atom. The lowest BCUT2D eigenvalue weighted by Crippen LogP contribution is -2.43. The molecule has 0 atom stereocenters. The maximum atomic E-state index is 12.7. The number of carbonyl (C=O) groups excluding carboxylic acids is 1. The molecule has 0 saturated heterocycles. The fourth-order valence-corrected chi connectivity index (χ4v) is 4.09. The highest BCUT2D eigenvalue weighted by molar-refractivity contribution is 14.0. The van der Waals surface area contributed by atoms with Crippen LogP contribution in [0, 0.1) is 0 Å². The highest BCUT2D eigenvalue weighted by atomic mass is 127. The molecule has 0 radical (unpaired) electrons. The van der Waals surface area contributed by atoms with Crippen molar-refractivity contribution in [3.63, 3.8) is 0 Å². The van der Waals surface area contributed by atoms with Crippen LogP contribution in [0.15, 0.2) is 34.2 Å². The molecule has 1 aromatic carbocycles. The number of ether oxygens (including phenoxy) is 1. The van der Waals surface area contributed by atoms with E-state index >= 15 is 0 Å². The van der Waals surface area contributed by atoms with Gasteiger partial charge in [0.15, 0.2) is 5.96 Å². The number of carbonyl (C=O) groups is 1. The number of guanidine groups is 1. The molecule has 0 bridgehead atoms. The van der Waals surface area contributed by atoms with Gasteiger partial charge in [-0.15, -0.1) is 24.0 Å². The van der Waals surface area contributed by atoms with Crippen molar-refractivity contribution >= 4 is 46.1 Å². The molecule has 9 nitrogen and oxygen atoms in total. The van der Waals surface area contributed by atoms with E-state index in [0.717, 1.165) is 0 Å². The second-order valence-corrected chi connectivity index (χ2v) is 10.4. The van der Waals surface area contributed by atoms with Gasteiger partial charge in [0.2, 0.25) is 10.0 Å². The summed E-state index contributed by atoms with van der Waals surface area (Å²) in [6, 6.07) is 6.80. The third-order valence-electron chi connectivity index (χ3n) is 3.46. The van der Waals surface area contributed by atoms with Gasteiger partial charge in [-0.25, -0.2) is 17.9 Å². The molecule has 11 heteroatoms. The summed E-state index contributed by atoms with van der Waals surface area (Å²) >= 11 is 0. The normalized spacial score (nSPS) is 12.5. The Balaban J connectivity index is 0.00000900. The molecule has 0 spiro atoms. The lowest BCUT2D eigenvalue weighted by atomic mass is 10.1. The first-order valence-corrected chi connectivity index (χ1v) is 11.2. The maximum Gasteiger partial charge on any atom is 0.407 e. The topological polar surface area (TPSA) is 121 Å². The smallest absolute Gasteiger partial charge is 0.407 e. The quantitative estimate of drug-likeness (QED) is 0.174. The molecule has 4 N–H and O–H groups in total. The number of hydrogen-bond acceptors (Lipinski definition) is 5. The van der Waals surface area contributed by atoms with E-state index in [2.05, 4.69) is 25.7 Å². The van der Waals surface area contributed by atoms with Crippen molar-refractivity contribution in [3.05, 3.63) is 29.8 Å². The van der Waals surface area contributed by atoms with Crippen molar-refractivity contribution in [1.29, 1.82) is 0 Å². The summed E-state index contributed by atoms with van der Waals surface area (Å²) in [5, 5.41) is 8.80. The van der Waals surface area contributed by atoms with Crippen LogP contribution < -0.4 is 20.7 Å². The van der Waals surface area contributed by atoms with Gasteiger partial charge in [-0.1, -0.05) is 18.2 Å². The van der Waals surface area contributed by atoms with E-state index in [4.69, 9.17) is 4.74 Å². The van der Waals surface area contributed by atoms with E-state index in [9.17, 15) is 13.2 Å². The van der Waals surface area contributed by atoms with Crippen LogP contribution in [0.5, 0.6) is 0 Å². The van der Waals surface area contributed by atoms with Crippen molar-refractivity contribution in [1.82, 2.24) is 20.7 Å². The predicted molar refractivity (Wildman–Crippen MR) is 134 cm³/mol. The van der Waals surface area contributed by atoms with E-state index in [0.29, 0.717) is 24.6 Å². The minimum atomic E-state index is -3.66. The number of nitrogens with one attached hydrogen (secondary N) is 4. The first-order valence-electron chi connectivity index (χ1n) is 9.77. The molecule has 0 aliphatic rings. The average Bonchev–Trinajstić information content (AvgIpc) is 2.57. The van der Waals surface area contributed by atoms with Crippen LogP contribution in [0.25, 0.3) is 0 Å². The van der Waals surface area contributed by atoms with Crippen LogP contribution in [0.4, 0.5) is 4.79 Å². The molecule has 1 aromatic rings. The van der Waals surface area contributed by atoms with E-state index in [1.54, 1.807) is 72.9 Å². The predicted octanol–water partition coefficient (Wildman–Crippen LogP) is 2.57. The molecule has 0 fully saturated rings. The van der Waals surface area contributed by atoms with Gasteiger partial charge in [0.1, 0.15) is 5.60 Å².